The fourth-order valence-corrected chi connectivity index (χ4v) is 4.63. The molecule has 32 heavy (non-hydrogen) atoms. The summed E-state index contributed by atoms with van der Waals surface area (Å²) in [6.45, 7) is 0. The van der Waals surface area contributed by atoms with Crippen LogP contribution in [0.2, 0.25) is 0 Å². The predicted molar refractivity (Wildman–Crippen MR) is 113 cm³/mol. The Hall–Kier alpha value is -2.94. The molecule has 0 unspecified atom stereocenters. The Labute approximate surface area is 184 Å². The average molecular weight is 466 g/mol. The van der Waals surface area contributed by atoms with E-state index in [1.165, 1.54) is 33.5 Å². The Morgan fingerprint density at radius 3 is 1.72 bits per heavy atom. The molecule has 4 rings (SSSR count). The summed E-state index contributed by atoms with van der Waals surface area (Å²) < 4.78 is 78.3. The van der Waals surface area contributed by atoms with Gasteiger partial charge in [0.05, 0.1) is 26.2 Å². The van der Waals surface area contributed by atoms with Crippen molar-refractivity contribution in [3.63, 3.8) is 0 Å². The topological polar surface area (TPSA) is 61.8 Å². The third kappa shape index (κ3) is 3.64. The minimum atomic E-state index is -5.40. The molecule has 170 valence electrons. The smallest absolute Gasteiger partial charge is 0.493 e. The number of sulfone groups is 1. The fourth-order valence-electron chi connectivity index (χ4n) is 3.87. The van der Waals surface area contributed by atoms with E-state index in [0.717, 1.165) is 41.7 Å². The van der Waals surface area contributed by atoms with Gasteiger partial charge in [0.25, 0.3) is 9.84 Å². The van der Waals surface area contributed by atoms with Gasteiger partial charge in [0.15, 0.2) is 11.5 Å². The molecule has 2 aliphatic rings. The highest BCUT2D eigenvalue weighted by Crippen LogP contribution is 2.58. The summed E-state index contributed by atoms with van der Waals surface area (Å²) in [5, 5.41) is 0. The van der Waals surface area contributed by atoms with Crippen LogP contribution in [0.5, 0.6) is 17.2 Å². The highest BCUT2D eigenvalue weighted by molar-refractivity contribution is 7.92. The molecule has 0 bridgehead atoms. The summed E-state index contributed by atoms with van der Waals surface area (Å²) in [6, 6.07) is 8.40. The maximum Gasteiger partial charge on any atom is 0.501 e. The Bertz CT molecular complexity index is 1200. The molecule has 0 aromatic heterocycles. The van der Waals surface area contributed by atoms with Crippen molar-refractivity contribution in [3.8, 4) is 17.2 Å². The van der Waals surface area contributed by atoms with Crippen molar-refractivity contribution in [2.45, 2.75) is 23.2 Å². The summed E-state index contributed by atoms with van der Waals surface area (Å²) in [7, 11) is -0.856. The van der Waals surface area contributed by atoms with Crippen molar-refractivity contribution < 1.29 is 35.8 Å². The van der Waals surface area contributed by atoms with E-state index < -0.39 is 20.2 Å². The molecule has 5 nitrogen and oxygen atoms in total. The molecule has 1 spiro atoms. The summed E-state index contributed by atoms with van der Waals surface area (Å²) in [4.78, 5) is -0.785. The normalized spacial score (nSPS) is 17.1. The van der Waals surface area contributed by atoms with Crippen molar-refractivity contribution in [3.05, 3.63) is 59.7 Å². The number of benzene rings is 2. The second-order valence-electron chi connectivity index (χ2n) is 7.74. The molecule has 0 amide bonds. The van der Waals surface area contributed by atoms with Gasteiger partial charge in [-0.2, -0.15) is 13.2 Å². The van der Waals surface area contributed by atoms with Crippen LogP contribution < -0.4 is 14.2 Å². The van der Waals surface area contributed by atoms with Crippen molar-refractivity contribution in [2.75, 3.05) is 21.3 Å². The number of allylic oxidation sites excluding steroid dienone is 4. The van der Waals surface area contributed by atoms with Crippen LogP contribution >= 0.6 is 0 Å². The number of methoxy groups -OCH3 is 3. The molecular formula is C23H21F3O5S. The largest absolute Gasteiger partial charge is 0.501 e. The van der Waals surface area contributed by atoms with Crippen LogP contribution in [0.25, 0.3) is 11.1 Å². The number of hydrogen-bond donors (Lipinski definition) is 0. The van der Waals surface area contributed by atoms with E-state index in [0.29, 0.717) is 22.8 Å². The second-order valence-corrected chi connectivity index (χ2v) is 9.68. The van der Waals surface area contributed by atoms with Gasteiger partial charge in [-0.15, -0.1) is 0 Å². The van der Waals surface area contributed by atoms with E-state index in [2.05, 4.69) is 12.2 Å². The van der Waals surface area contributed by atoms with E-state index >= 15 is 0 Å². The van der Waals surface area contributed by atoms with Gasteiger partial charge in [-0.3, -0.25) is 0 Å². The standard InChI is InChI=1S/C23H21F3O5S/c1-29-19-10-15(11-20(30-2)21(19)31-3)18-13-22(8-9-22)12-17(18)14-4-6-16(7-5-14)32(27,28)23(24,25)26/h4-7,10-13H,8-9H2,1-3H3. The quantitative estimate of drug-likeness (QED) is 0.581. The molecule has 1 fully saturated rings. The number of hydrogen-bond acceptors (Lipinski definition) is 5. The molecule has 1 saturated carbocycles. The second kappa shape index (κ2) is 7.58. The molecule has 2 aromatic carbocycles. The Balaban J connectivity index is 1.77. The molecule has 0 atom stereocenters. The van der Waals surface area contributed by atoms with Crippen molar-refractivity contribution in [2.24, 2.45) is 5.41 Å². The summed E-state index contributed by atoms with van der Waals surface area (Å²) >= 11 is 0. The SMILES string of the molecule is COc1cc(C2=CC3(C=C2c2ccc(S(=O)(=O)C(F)(F)F)cc2)CC3)cc(OC)c1OC. The van der Waals surface area contributed by atoms with E-state index in [4.69, 9.17) is 14.2 Å². The molecule has 0 saturated heterocycles. The van der Waals surface area contributed by atoms with Crippen molar-refractivity contribution >= 4 is 21.0 Å². The lowest BCUT2D eigenvalue weighted by atomic mass is 9.94. The first kappa shape index (κ1) is 22.3. The minimum absolute atomic E-state index is 0.0955. The van der Waals surface area contributed by atoms with Gasteiger partial charge in [-0.25, -0.2) is 8.42 Å². The predicted octanol–water partition coefficient (Wildman–Crippen LogP) is 5.27. The van der Waals surface area contributed by atoms with Gasteiger partial charge in [-0.05, 0) is 59.4 Å². The van der Waals surface area contributed by atoms with Crippen LogP contribution in [0.15, 0.2) is 53.4 Å². The first-order valence-electron chi connectivity index (χ1n) is 9.73. The third-order valence-corrected chi connectivity index (χ3v) is 7.24. The fraction of sp³-hybridized carbons (Fsp3) is 0.304. The Kier molecular flexibility index (Phi) is 5.27. The van der Waals surface area contributed by atoms with E-state index in [1.54, 1.807) is 0 Å². The number of halogens is 3. The van der Waals surface area contributed by atoms with Gasteiger partial charge in [-0.1, -0.05) is 24.3 Å². The van der Waals surface area contributed by atoms with Gasteiger partial charge in [0, 0.05) is 5.41 Å². The van der Waals surface area contributed by atoms with Crippen molar-refractivity contribution in [1.29, 1.82) is 0 Å². The van der Waals surface area contributed by atoms with Gasteiger partial charge < -0.3 is 14.2 Å². The number of rotatable bonds is 6. The van der Waals surface area contributed by atoms with Gasteiger partial charge in [0.1, 0.15) is 0 Å². The van der Waals surface area contributed by atoms with E-state index in [9.17, 15) is 21.6 Å². The zero-order valence-corrected chi connectivity index (χ0v) is 18.4. The number of ether oxygens (including phenoxy) is 3. The maximum absolute atomic E-state index is 12.9. The lowest BCUT2D eigenvalue weighted by molar-refractivity contribution is -0.0436. The Morgan fingerprint density at radius 1 is 0.812 bits per heavy atom. The van der Waals surface area contributed by atoms with Gasteiger partial charge in [0.2, 0.25) is 5.75 Å². The Morgan fingerprint density at radius 2 is 1.31 bits per heavy atom. The van der Waals surface area contributed by atoms with Crippen LogP contribution in [0, 0.1) is 5.41 Å². The summed E-state index contributed by atoms with van der Waals surface area (Å²) in [5.41, 5.74) is -2.35. The highest BCUT2D eigenvalue weighted by Gasteiger charge is 2.47. The first-order chi connectivity index (χ1) is 15.0. The molecular weight excluding hydrogens is 445 g/mol. The first-order valence-corrected chi connectivity index (χ1v) is 11.2. The van der Waals surface area contributed by atoms with E-state index in [-0.39, 0.29) is 5.41 Å². The van der Waals surface area contributed by atoms with Crippen molar-refractivity contribution in [1.82, 2.24) is 0 Å². The summed E-state index contributed by atoms with van der Waals surface area (Å²) in [6.07, 6.45) is 6.14. The van der Waals surface area contributed by atoms with Crippen LogP contribution in [0.3, 0.4) is 0 Å². The van der Waals surface area contributed by atoms with Crippen LogP contribution in [-0.2, 0) is 9.84 Å². The third-order valence-electron chi connectivity index (χ3n) is 5.74. The maximum atomic E-state index is 12.9. The summed E-state index contributed by atoms with van der Waals surface area (Å²) in [5.74, 6) is 1.40. The van der Waals surface area contributed by atoms with Gasteiger partial charge >= 0.3 is 5.51 Å². The molecule has 0 N–H and O–H groups in total. The zero-order chi connectivity index (χ0) is 23.3. The molecule has 2 aliphatic carbocycles. The zero-order valence-electron chi connectivity index (χ0n) is 17.6. The highest BCUT2D eigenvalue weighted by atomic mass is 32.2. The molecule has 0 aliphatic heterocycles. The van der Waals surface area contributed by atoms with Crippen LogP contribution in [0.1, 0.15) is 24.0 Å². The average Bonchev–Trinajstić information content (AvgIpc) is 3.41. The molecule has 0 heterocycles. The monoisotopic (exact) mass is 466 g/mol. The van der Waals surface area contributed by atoms with Crippen LogP contribution in [0.4, 0.5) is 13.2 Å². The lowest BCUT2D eigenvalue weighted by Gasteiger charge is -2.16. The lowest BCUT2D eigenvalue weighted by Crippen LogP contribution is -2.23. The molecule has 0 radical (unpaired) electrons. The minimum Gasteiger partial charge on any atom is -0.493 e. The molecule has 2 aromatic rings. The van der Waals surface area contributed by atoms with E-state index in [1.807, 2.05) is 12.1 Å². The molecule has 9 heteroatoms. The van der Waals surface area contributed by atoms with Crippen LogP contribution in [-0.4, -0.2) is 35.3 Å². The number of alkyl halides is 3.